The number of nitrogens with zero attached hydrogens (tertiary/aromatic N) is 1. The molecule has 1 amide bonds. The van der Waals surface area contributed by atoms with E-state index >= 15 is 0 Å². The second-order valence-corrected chi connectivity index (χ2v) is 3.51. The van der Waals surface area contributed by atoms with E-state index in [4.69, 9.17) is 0 Å². The molecule has 0 saturated carbocycles. The number of hydrogen-bond donors (Lipinski definition) is 0. The lowest BCUT2D eigenvalue weighted by Crippen LogP contribution is -2.30. The molecule has 0 bridgehead atoms. The number of ether oxygens (including phenoxy) is 1. The van der Waals surface area contributed by atoms with Gasteiger partial charge < -0.3 is 9.64 Å². The highest BCUT2D eigenvalue weighted by Crippen LogP contribution is 2.15. The summed E-state index contributed by atoms with van der Waals surface area (Å²) in [4.78, 5) is 12.3. The maximum atomic E-state index is 11.8. The first-order chi connectivity index (χ1) is 7.88. The molecule has 1 aromatic rings. The Bertz CT molecular complexity index is 365. The molecular weight excluding hydrogens is 235 g/mol. The normalized spacial score (nSPS) is 11.1. The summed E-state index contributed by atoms with van der Waals surface area (Å²) < 4.78 is 39.5. The molecule has 0 unspecified atom stereocenters. The van der Waals surface area contributed by atoms with Crippen LogP contribution < -0.4 is 0 Å². The second-order valence-electron chi connectivity index (χ2n) is 3.51. The summed E-state index contributed by atoms with van der Waals surface area (Å²) in [5.74, 6) is 0. The summed E-state index contributed by atoms with van der Waals surface area (Å²) in [5, 5.41) is 0. The Hall–Kier alpha value is -1.72. The van der Waals surface area contributed by atoms with Gasteiger partial charge in [0.15, 0.2) is 6.61 Å². The zero-order valence-electron chi connectivity index (χ0n) is 9.20. The molecule has 0 N–H and O–H groups in total. The summed E-state index contributed by atoms with van der Waals surface area (Å²) >= 11 is 0. The highest BCUT2D eigenvalue weighted by molar-refractivity contribution is 5.67. The number of rotatable bonds is 3. The molecule has 0 heterocycles. The quantitative estimate of drug-likeness (QED) is 0.822. The van der Waals surface area contributed by atoms with Crippen LogP contribution in [0.25, 0.3) is 0 Å². The maximum absolute atomic E-state index is 11.8. The zero-order chi connectivity index (χ0) is 12.9. The van der Waals surface area contributed by atoms with Crippen LogP contribution in [-0.4, -0.2) is 30.8 Å². The Morgan fingerprint density at radius 1 is 1.29 bits per heavy atom. The number of alkyl halides is 3. The van der Waals surface area contributed by atoms with Crippen molar-refractivity contribution in [2.24, 2.45) is 0 Å². The average Bonchev–Trinajstić information content (AvgIpc) is 2.26. The van der Waals surface area contributed by atoms with E-state index in [1.807, 2.05) is 6.07 Å². The van der Waals surface area contributed by atoms with Gasteiger partial charge in [-0.15, -0.1) is 0 Å². The third-order valence-corrected chi connectivity index (χ3v) is 1.93. The molecule has 0 radical (unpaired) electrons. The number of benzene rings is 1. The van der Waals surface area contributed by atoms with Crippen LogP contribution in [0, 0.1) is 0 Å². The lowest BCUT2D eigenvalue weighted by molar-refractivity contribution is -0.162. The Morgan fingerprint density at radius 3 is 2.41 bits per heavy atom. The first kappa shape index (κ1) is 13.3. The van der Waals surface area contributed by atoms with Crippen molar-refractivity contribution < 1.29 is 22.7 Å². The van der Waals surface area contributed by atoms with Crippen molar-refractivity contribution >= 4 is 6.09 Å². The lowest BCUT2D eigenvalue weighted by atomic mass is 10.2. The molecule has 1 rings (SSSR count). The summed E-state index contributed by atoms with van der Waals surface area (Å²) in [6, 6.07) is 8.92. The van der Waals surface area contributed by atoms with Gasteiger partial charge in [-0.25, -0.2) is 4.79 Å². The van der Waals surface area contributed by atoms with Gasteiger partial charge in [0.25, 0.3) is 0 Å². The largest absolute Gasteiger partial charge is 0.440 e. The third-order valence-electron chi connectivity index (χ3n) is 1.93. The van der Waals surface area contributed by atoms with Crippen LogP contribution in [0.15, 0.2) is 30.3 Å². The molecule has 6 heteroatoms. The van der Waals surface area contributed by atoms with Gasteiger partial charge in [-0.3, -0.25) is 0 Å². The van der Waals surface area contributed by atoms with Crippen molar-refractivity contribution in [2.75, 3.05) is 13.7 Å². The van der Waals surface area contributed by atoms with Gasteiger partial charge in [-0.2, -0.15) is 13.2 Å². The van der Waals surface area contributed by atoms with E-state index in [-0.39, 0.29) is 6.54 Å². The minimum atomic E-state index is -4.50. The average molecular weight is 247 g/mol. The summed E-state index contributed by atoms with van der Waals surface area (Å²) in [7, 11) is 1.38. The monoisotopic (exact) mass is 247 g/mol. The van der Waals surface area contributed by atoms with Crippen molar-refractivity contribution in [2.45, 2.75) is 12.7 Å². The van der Waals surface area contributed by atoms with Crippen LogP contribution >= 0.6 is 0 Å². The van der Waals surface area contributed by atoms with E-state index in [0.29, 0.717) is 0 Å². The van der Waals surface area contributed by atoms with E-state index < -0.39 is 18.9 Å². The smallest absolute Gasteiger partial charge is 0.422 e. The maximum Gasteiger partial charge on any atom is 0.422 e. The fraction of sp³-hybridized carbons (Fsp3) is 0.364. The van der Waals surface area contributed by atoms with Crippen LogP contribution in [0.3, 0.4) is 0 Å². The topological polar surface area (TPSA) is 29.5 Å². The van der Waals surface area contributed by atoms with Crippen LogP contribution in [0.4, 0.5) is 18.0 Å². The van der Waals surface area contributed by atoms with E-state index in [1.54, 1.807) is 24.3 Å². The van der Waals surface area contributed by atoms with Crippen LogP contribution in [-0.2, 0) is 11.3 Å². The van der Waals surface area contributed by atoms with Gasteiger partial charge in [0.05, 0.1) is 0 Å². The van der Waals surface area contributed by atoms with Crippen LogP contribution in [0.1, 0.15) is 5.56 Å². The predicted octanol–water partition coefficient (Wildman–Crippen LogP) is 2.82. The number of amides is 1. The predicted molar refractivity (Wildman–Crippen MR) is 55.3 cm³/mol. The second kappa shape index (κ2) is 5.56. The summed E-state index contributed by atoms with van der Waals surface area (Å²) in [6.07, 6.45) is -5.49. The molecule has 0 aliphatic carbocycles. The van der Waals surface area contributed by atoms with Gasteiger partial charge in [-0.05, 0) is 5.56 Å². The molecule has 17 heavy (non-hydrogen) atoms. The molecule has 0 aliphatic rings. The van der Waals surface area contributed by atoms with Crippen molar-refractivity contribution in [1.82, 2.24) is 4.90 Å². The van der Waals surface area contributed by atoms with E-state index in [9.17, 15) is 18.0 Å². The molecule has 0 fully saturated rings. The Labute approximate surface area is 96.8 Å². The zero-order valence-corrected chi connectivity index (χ0v) is 9.20. The minimum absolute atomic E-state index is 0.206. The molecule has 0 aromatic heterocycles. The van der Waals surface area contributed by atoms with Crippen molar-refractivity contribution in [3.05, 3.63) is 35.9 Å². The number of hydrogen-bond acceptors (Lipinski definition) is 2. The first-order valence-electron chi connectivity index (χ1n) is 4.87. The molecule has 0 saturated heterocycles. The Morgan fingerprint density at radius 2 is 1.88 bits per heavy atom. The molecule has 94 valence electrons. The highest BCUT2D eigenvalue weighted by Gasteiger charge is 2.30. The lowest BCUT2D eigenvalue weighted by Gasteiger charge is -2.17. The molecule has 0 aliphatic heterocycles. The first-order valence-corrected chi connectivity index (χ1v) is 4.87. The minimum Gasteiger partial charge on any atom is -0.440 e. The van der Waals surface area contributed by atoms with E-state index in [1.165, 1.54) is 7.05 Å². The van der Waals surface area contributed by atoms with Gasteiger partial charge >= 0.3 is 12.3 Å². The molecule has 0 spiro atoms. The summed E-state index contributed by atoms with van der Waals surface area (Å²) in [5.41, 5.74) is 0.818. The van der Waals surface area contributed by atoms with Gasteiger partial charge in [-0.1, -0.05) is 30.3 Å². The standard InChI is InChI=1S/C11H12F3NO2/c1-15(7-9-5-3-2-4-6-9)10(16)17-8-11(12,13)14/h2-6H,7-8H2,1H3. The van der Waals surface area contributed by atoms with Gasteiger partial charge in [0.1, 0.15) is 0 Å². The number of carbonyl (C=O) groups is 1. The fourth-order valence-electron chi connectivity index (χ4n) is 1.18. The number of carbonyl (C=O) groups excluding carboxylic acids is 1. The van der Waals surface area contributed by atoms with Crippen LogP contribution in [0.5, 0.6) is 0 Å². The Kier molecular flexibility index (Phi) is 4.37. The molecule has 3 nitrogen and oxygen atoms in total. The third kappa shape index (κ3) is 5.24. The fourth-order valence-corrected chi connectivity index (χ4v) is 1.18. The van der Waals surface area contributed by atoms with Crippen LogP contribution in [0.2, 0.25) is 0 Å². The van der Waals surface area contributed by atoms with Crippen molar-refractivity contribution in [3.8, 4) is 0 Å². The Balaban J connectivity index is 2.43. The van der Waals surface area contributed by atoms with E-state index in [2.05, 4.69) is 4.74 Å². The van der Waals surface area contributed by atoms with Crippen molar-refractivity contribution in [3.63, 3.8) is 0 Å². The summed E-state index contributed by atoms with van der Waals surface area (Å²) in [6.45, 7) is -1.36. The van der Waals surface area contributed by atoms with Crippen molar-refractivity contribution in [1.29, 1.82) is 0 Å². The molecule has 0 atom stereocenters. The highest BCUT2D eigenvalue weighted by atomic mass is 19.4. The van der Waals surface area contributed by atoms with Gasteiger partial charge in [0, 0.05) is 13.6 Å². The van der Waals surface area contributed by atoms with Gasteiger partial charge in [0.2, 0.25) is 0 Å². The molecule has 1 aromatic carbocycles. The SMILES string of the molecule is CN(Cc1ccccc1)C(=O)OCC(F)(F)F. The molecular formula is C11H12F3NO2. The van der Waals surface area contributed by atoms with E-state index in [0.717, 1.165) is 10.5 Å². The number of halogens is 3.